The average Bonchev–Trinajstić information content (AvgIpc) is 2.62. The second kappa shape index (κ2) is 6.83. The molecule has 0 amide bonds. The Bertz CT molecular complexity index is 771. The quantitative estimate of drug-likeness (QED) is 0.776. The van der Waals surface area contributed by atoms with Crippen LogP contribution in [0.3, 0.4) is 0 Å². The van der Waals surface area contributed by atoms with Gasteiger partial charge in [0.1, 0.15) is 12.4 Å². The molecule has 4 heteroatoms. The molecule has 0 atom stereocenters. The SMILES string of the molecule is COc1nc(-c2ccc(OCc3ccccc3)cc2)ccc1N. The molecule has 0 spiro atoms. The van der Waals surface area contributed by atoms with Crippen molar-refractivity contribution in [2.24, 2.45) is 0 Å². The maximum atomic E-state index is 5.79. The van der Waals surface area contributed by atoms with Crippen LogP contribution in [-0.2, 0) is 6.61 Å². The van der Waals surface area contributed by atoms with E-state index in [1.807, 2.05) is 60.7 Å². The van der Waals surface area contributed by atoms with Gasteiger partial charge in [0.25, 0.3) is 0 Å². The Hall–Kier alpha value is -3.01. The van der Waals surface area contributed by atoms with Gasteiger partial charge >= 0.3 is 0 Å². The van der Waals surface area contributed by atoms with E-state index in [1.54, 1.807) is 13.2 Å². The van der Waals surface area contributed by atoms with E-state index in [0.29, 0.717) is 18.2 Å². The predicted molar refractivity (Wildman–Crippen MR) is 91.4 cm³/mol. The summed E-state index contributed by atoms with van der Waals surface area (Å²) in [4.78, 5) is 4.40. The summed E-state index contributed by atoms with van der Waals surface area (Å²) in [6.07, 6.45) is 0. The number of aromatic nitrogens is 1. The minimum Gasteiger partial charge on any atom is -0.489 e. The number of nitrogen functional groups attached to an aromatic ring is 1. The third kappa shape index (κ3) is 3.61. The first-order valence-electron chi connectivity index (χ1n) is 7.34. The fourth-order valence-electron chi connectivity index (χ4n) is 2.24. The number of rotatable bonds is 5. The molecule has 2 aromatic carbocycles. The van der Waals surface area contributed by atoms with E-state index in [2.05, 4.69) is 4.98 Å². The first-order chi connectivity index (χ1) is 11.3. The molecule has 3 rings (SSSR count). The summed E-state index contributed by atoms with van der Waals surface area (Å²) >= 11 is 0. The molecule has 0 aliphatic rings. The Balaban J connectivity index is 1.72. The monoisotopic (exact) mass is 306 g/mol. The number of methoxy groups -OCH3 is 1. The molecule has 0 saturated carbocycles. The van der Waals surface area contributed by atoms with Crippen LogP contribution < -0.4 is 15.2 Å². The number of hydrogen-bond acceptors (Lipinski definition) is 4. The number of nitrogens with two attached hydrogens (primary N) is 1. The number of nitrogens with zero attached hydrogens (tertiary/aromatic N) is 1. The zero-order valence-electron chi connectivity index (χ0n) is 12.9. The molecule has 3 aromatic rings. The van der Waals surface area contributed by atoms with Crippen LogP contribution in [0.1, 0.15) is 5.56 Å². The van der Waals surface area contributed by atoms with Crippen molar-refractivity contribution >= 4 is 5.69 Å². The normalized spacial score (nSPS) is 10.3. The minimum atomic E-state index is 0.437. The Morgan fingerprint density at radius 3 is 2.35 bits per heavy atom. The van der Waals surface area contributed by atoms with Crippen molar-refractivity contribution in [1.82, 2.24) is 4.98 Å². The molecule has 0 saturated heterocycles. The lowest BCUT2D eigenvalue weighted by Crippen LogP contribution is -1.97. The van der Waals surface area contributed by atoms with Crippen LogP contribution in [0.4, 0.5) is 5.69 Å². The van der Waals surface area contributed by atoms with E-state index in [9.17, 15) is 0 Å². The summed E-state index contributed by atoms with van der Waals surface area (Å²) in [6.45, 7) is 0.550. The van der Waals surface area contributed by atoms with Gasteiger partial charge in [-0.25, -0.2) is 4.98 Å². The van der Waals surface area contributed by atoms with E-state index >= 15 is 0 Å². The fourth-order valence-corrected chi connectivity index (χ4v) is 2.24. The highest BCUT2D eigenvalue weighted by Gasteiger charge is 2.05. The number of benzene rings is 2. The van der Waals surface area contributed by atoms with Gasteiger partial charge in [0, 0.05) is 5.56 Å². The van der Waals surface area contributed by atoms with Crippen molar-refractivity contribution in [1.29, 1.82) is 0 Å². The maximum absolute atomic E-state index is 5.79. The lowest BCUT2D eigenvalue weighted by Gasteiger charge is -2.09. The van der Waals surface area contributed by atoms with Crippen molar-refractivity contribution in [3.63, 3.8) is 0 Å². The van der Waals surface area contributed by atoms with Crippen LogP contribution in [0.25, 0.3) is 11.3 Å². The largest absolute Gasteiger partial charge is 0.489 e. The molecule has 0 radical (unpaired) electrons. The minimum absolute atomic E-state index is 0.437. The van der Waals surface area contributed by atoms with Crippen molar-refractivity contribution < 1.29 is 9.47 Å². The van der Waals surface area contributed by atoms with E-state index in [0.717, 1.165) is 22.6 Å². The second-order valence-corrected chi connectivity index (χ2v) is 5.09. The molecule has 2 N–H and O–H groups in total. The summed E-state index contributed by atoms with van der Waals surface area (Å²) in [6, 6.07) is 21.6. The van der Waals surface area contributed by atoms with Crippen LogP contribution in [0.2, 0.25) is 0 Å². The van der Waals surface area contributed by atoms with Gasteiger partial charge in [0.15, 0.2) is 0 Å². The van der Waals surface area contributed by atoms with Gasteiger partial charge in [-0.3, -0.25) is 0 Å². The number of anilines is 1. The van der Waals surface area contributed by atoms with Gasteiger partial charge < -0.3 is 15.2 Å². The number of pyridine rings is 1. The van der Waals surface area contributed by atoms with Gasteiger partial charge in [-0.05, 0) is 42.0 Å². The lowest BCUT2D eigenvalue weighted by atomic mass is 10.1. The summed E-state index contributed by atoms with van der Waals surface area (Å²) in [7, 11) is 1.56. The van der Waals surface area contributed by atoms with Gasteiger partial charge in [-0.1, -0.05) is 30.3 Å². The molecule has 0 fully saturated rings. The average molecular weight is 306 g/mol. The zero-order valence-corrected chi connectivity index (χ0v) is 12.9. The topological polar surface area (TPSA) is 57.4 Å². The standard InChI is InChI=1S/C19H18N2O2/c1-22-19-17(20)11-12-18(21-19)15-7-9-16(10-8-15)23-13-14-5-3-2-4-6-14/h2-12H,13,20H2,1H3. The van der Waals surface area contributed by atoms with E-state index in [1.165, 1.54) is 0 Å². The Morgan fingerprint density at radius 1 is 0.913 bits per heavy atom. The molecular formula is C19H18N2O2. The lowest BCUT2D eigenvalue weighted by molar-refractivity contribution is 0.306. The smallest absolute Gasteiger partial charge is 0.237 e. The van der Waals surface area contributed by atoms with Gasteiger partial charge in [-0.15, -0.1) is 0 Å². The molecule has 23 heavy (non-hydrogen) atoms. The summed E-state index contributed by atoms with van der Waals surface area (Å²) in [5, 5.41) is 0. The Kier molecular flexibility index (Phi) is 4.43. The molecule has 4 nitrogen and oxygen atoms in total. The fraction of sp³-hybridized carbons (Fsp3) is 0.105. The first-order valence-corrected chi connectivity index (χ1v) is 7.34. The molecule has 0 unspecified atom stereocenters. The Morgan fingerprint density at radius 2 is 1.65 bits per heavy atom. The number of hydrogen-bond donors (Lipinski definition) is 1. The van der Waals surface area contributed by atoms with Gasteiger partial charge in [0.2, 0.25) is 5.88 Å². The Labute approximate surface area is 135 Å². The summed E-state index contributed by atoms with van der Waals surface area (Å²) < 4.78 is 10.9. The second-order valence-electron chi connectivity index (χ2n) is 5.09. The van der Waals surface area contributed by atoms with Crippen molar-refractivity contribution in [2.75, 3.05) is 12.8 Å². The molecule has 0 aliphatic carbocycles. The van der Waals surface area contributed by atoms with Crippen molar-refractivity contribution in [2.45, 2.75) is 6.61 Å². The van der Waals surface area contributed by atoms with E-state index < -0.39 is 0 Å². The molecule has 116 valence electrons. The van der Waals surface area contributed by atoms with Gasteiger partial charge in [-0.2, -0.15) is 0 Å². The maximum Gasteiger partial charge on any atom is 0.237 e. The van der Waals surface area contributed by atoms with Crippen LogP contribution in [-0.4, -0.2) is 12.1 Å². The van der Waals surface area contributed by atoms with Crippen LogP contribution in [0.5, 0.6) is 11.6 Å². The van der Waals surface area contributed by atoms with Crippen molar-refractivity contribution in [3.8, 4) is 22.9 Å². The third-order valence-electron chi connectivity index (χ3n) is 3.48. The van der Waals surface area contributed by atoms with Crippen LogP contribution in [0, 0.1) is 0 Å². The van der Waals surface area contributed by atoms with E-state index in [4.69, 9.17) is 15.2 Å². The molecule has 1 heterocycles. The van der Waals surface area contributed by atoms with Crippen LogP contribution >= 0.6 is 0 Å². The molecule has 0 bridgehead atoms. The highest BCUT2D eigenvalue weighted by molar-refractivity contribution is 5.64. The number of ether oxygens (including phenoxy) is 2. The molecule has 1 aromatic heterocycles. The summed E-state index contributed by atoms with van der Waals surface area (Å²) in [5.41, 5.74) is 9.25. The highest BCUT2D eigenvalue weighted by atomic mass is 16.5. The molecular weight excluding hydrogens is 288 g/mol. The predicted octanol–water partition coefficient (Wildman–Crippen LogP) is 3.92. The highest BCUT2D eigenvalue weighted by Crippen LogP contribution is 2.26. The first kappa shape index (κ1) is 14.9. The van der Waals surface area contributed by atoms with Gasteiger partial charge in [0.05, 0.1) is 18.5 Å². The zero-order chi connectivity index (χ0) is 16.1. The van der Waals surface area contributed by atoms with Crippen LogP contribution in [0.15, 0.2) is 66.7 Å². The van der Waals surface area contributed by atoms with E-state index in [-0.39, 0.29) is 0 Å². The van der Waals surface area contributed by atoms with Crippen molar-refractivity contribution in [3.05, 3.63) is 72.3 Å². The third-order valence-corrected chi connectivity index (χ3v) is 3.48. The molecule has 0 aliphatic heterocycles. The summed E-state index contributed by atoms with van der Waals surface area (Å²) in [5.74, 6) is 1.26.